The average molecular weight is 396 g/mol. The summed E-state index contributed by atoms with van der Waals surface area (Å²) in [6, 6.07) is 7.78. The number of likely N-dealkylation sites (tertiary alicyclic amines) is 1. The van der Waals surface area contributed by atoms with Crippen LogP contribution in [0.2, 0.25) is 0 Å². The van der Waals surface area contributed by atoms with E-state index in [4.69, 9.17) is 5.73 Å². The second-order valence-corrected chi connectivity index (χ2v) is 5.87. The van der Waals surface area contributed by atoms with Crippen LogP contribution in [-0.4, -0.2) is 30.6 Å². The van der Waals surface area contributed by atoms with Crippen LogP contribution in [0.15, 0.2) is 24.3 Å². The molecule has 1 aromatic rings. The average Bonchev–Trinajstić information content (AvgIpc) is 2.41. The Hall–Kier alpha value is -0.530. The largest absolute Gasteiger partial charge is 0.330 e. The lowest BCUT2D eigenvalue weighted by atomic mass is 9.99. The van der Waals surface area contributed by atoms with Crippen molar-refractivity contribution in [1.82, 2.24) is 4.90 Å². The number of carbonyl (C=O) groups excluding carboxylic acids is 1. The fraction of sp³-hybridized carbons (Fsp3) is 0.462. The Morgan fingerprint density at radius 1 is 1.42 bits per heavy atom. The van der Waals surface area contributed by atoms with E-state index in [1.165, 1.54) is 0 Å². The number of rotatable bonds is 2. The Kier molecular flexibility index (Phi) is 6.88. The van der Waals surface area contributed by atoms with Crippen LogP contribution in [-0.2, 0) is 0 Å². The number of carbonyl (C=O) groups is 1. The van der Waals surface area contributed by atoms with E-state index in [0.717, 1.165) is 35.2 Å². The lowest BCUT2D eigenvalue weighted by Crippen LogP contribution is -2.44. The summed E-state index contributed by atoms with van der Waals surface area (Å²) in [5.74, 6) is 0.446. The number of hydrogen-bond donors (Lipinski definition) is 2. The highest BCUT2D eigenvalue weighted by Crippen LogP contribution is 2.17. The van der Waals surface area contributed by atoms with E-state index in [-0.39, 0.29) is 18.4 Å². The maximum atomic E-state index is 12.1. The van der Waals surface area contributed by atoms with Crippen LogP contribution in [0.1, 0.15) is 12.8 Å². The van der Waals surface area contributed by atoms with Crippen molar-refractivity contribution in [3.8, 4) is 0 Å². The molecule has 1 aromatic carbocycles. The molecule has 0 spiro atoms. The minimum absolute atomic E-state index is 0. The minimum atomic E-state index is -0.0191. The highest BCUT2D eigenvalue weighted by Gasteiger charge is 2.22. The second kappa shape index (κ2) is 7.91. The summed E-state index contributed by atoms with van der Waals surface area (Å²) in [7, 11) is 0. The molecule has 19 heavy (non-hydrogen) atoms. The number of amides is 2. The fourth-order valence-electron chi connectivity index (χ4n) is 2.18. The van der Waals surface area contributed by atoms with Gasteiger partial charge in [-0.3, -0.25) is 0 Å². The zero-order valence-corrected chi connectivity index (χ0v) is 13.6. The van der Waals surface area contributed by atoms with Gasteiger partial charge in [0.15, 0.2) is 0 Å². The van der Waals surface area contributed by atoms with E-state index in [9.17, 15) is 4.79 Å². The van der Waals surface area contributed by atoms with E-state index < -0.39 is 0 Å². The Balaban J connectivity index is 0.00000180. The third kappa shape index (κ3) is 4.81. The molecule has 0 bridgehead atoms. The van der Waals surface area contributed by atoms with E-state index in [0.29, 0.717) is 12.5 Å². The number of benzene rings is 1. The van der Waals surface area contributed by atoms with Gasteiger partial charge in [0.25, 0.3) is 0 Å². The Morgan fingerprint density at radius 3 is 2.74 bits per heavy atom. The van der Waals surface area contributed by atoms with Crippen molar-refractivity contribution in [2.24, 2.45) is 11.7 Å². The molecule has 0 aromatic heterocycles. The molecule has 0 radical (unpaired) electrons. The summed E-state index contributed by atoms with van der Waals surface area (Å²) < 4.78 is 1.16. The number of hydrogen-bond acceptors (Lipinski definition) is 2. The van der Waals surface area contributed by atoms with Crippen LogP contribution in [0.25, 0.3) is 0 Å². The molecule has 2 rings (SSSR count). The summed E-state index contributed by atoms with van der Waals surface area (Å²) in [6.45, 7) is 2.26. The van der Waals surface area contributed by atoms with Gasteiger partial charge in [-0.15, -0.1) is 12.4 Å². The predicted molar refractivity (Wildman–Crippen MR) is 88.8 cm³/mol. The molecule has 1 fully saturated rings. The topological polar surface area (TPSA) is 58.4 Å². The standard InChI is InChI=1S/C13H18IN3O.ClH/c14-11-3-5-12(6-4-11)16-13(18)17-7-1-2-10(8-15)9-17;/h3-6,10H,1-2,7-9,15H2,(H,16,18);1H/t10-;/m1./s1. The van der Waals surface area contributed by atoms with Gasteiger partial charge in [-0.25, -0.2) is 4.79 Å². The van der Waals surface area contributed by atoms with Gasteiger partial charge in [0.2, 0.25) is 0 Å². The molecule has 2 amide bonds. The quantitative estimate of drug-likeness (QED) is 0.757. The fourth-order valence-corrected chi connectivity index (χ4v) is 2.54. The molecule has 6 heteroatoms. The zero-order chi connectivity index (χ0) is 13.0. The first-order chi connectivity index (χ1) is 8.69. The van der Waals surface area contributed by atoms with Crippen molar-refractivity contribution in [1.29, 1.82) is 0 Å². The highest BCUT2D eigenvalue weighted by atomic mass is 127. The molecule has 4 nitrogen and oxygen atoms in total. The normalized spacial score (nSPS) is 18.6. The number of nitrogens with two attached hydrogens (primary N) is 1. The number of halogens is 2. The third-order valence-corrected chi connectivity index (χ3v) is 3.95. The number of nitrogens with zero attached hydrogens (tertiary/aromatic N) is 1. The van der Waals surface area contributed by atoms with Gasteiger partial charge >= 0.3 is 6.03 Å². The summed E-state index contributed by atoms with van der Waals surface area (Å²) >= 11 is 2.24. The Morgan fingerprint density at radius 2 is 2.11 bits per heavy atom. The molecule has 0 aliphatic carbocycles. The lowest BCUT2D eigenvalue weighted by Gasteiger charge is -2.32. The van der Waals surface area contributed by atoms with Crippen molar-refractivity contribution < 1.29 is 4.79 Å². The van der Waals surface area contributed by atoms with Crippen LogP contribution in [0, 0.1) is 9.49 Å². The first-order valence-electron chi connectivity index (χ1n) is 6.20. The predicted octanol–water partition coefficient (Wildman–Crippen LogP) is 2.92. The van der Waals surface area contributed by atoms with Gasteiger partial charge in [0, 0.05) is 22.3 Å². The number of piperidine rings is 1. The summed E-state index contributed by atoms with van der Waals surface area (Å²) in [5.41, 5.74) is 6.52. The van der Waals surface area contributed by atoms with Crippen molar-refractivity contribution in [3.05, 3.63) is 27.8 Å². The molecule has 1 aliphatic heterocycles. The molecular formula is C13H19ClIN3O. The summed E-state index contributed by atoms with van der Waals surface area (Å²) in [5, 5.41) is 2.93. The van der Waals surface area contributed by atoms with Gasteiger partial charge in [0.05, 0.1) is 0 Å². The lowest BCUT2D eigenvalue weighted by molar-refractivity contribution is 0.179. The second-order valence-electron chi connectivity index (χ2n) is 4.63. The number of anilines is 1. The van der Waals surface area contributed by atoms with Gasteiger partial charge in [-0.05, 0) is 72.2 Å². The first kappa shape index (κ1) is 16.5. The molecular weight excluding hydrogens is 377 g/mol. The third-order valence-electron chi connectivity index (χ3n) is 3.24. The number of nitrogens with one attached hydrogen (secondary N) is 1. The molecule has 3 N–H and O–H groups in total. The molecule has 1 aliphatic rings. The van der Waals surface area contributed by atoms with Gasteiger partial charge in [0.1, 0.15) is 0 Å². The summed E-state index contributed by atoms with van der Waals surface area (Å²) in [4.78, 5) is 13.9. The zero-order valence-electron chi connectivity index (χ0n) is 10.6. The highest BCUT2D eigenvalue weighted by molar-refractivity contribution is 14.1. The van der Waals surface area contributed by atoms with Gasteiger partial charge in [-0.1, -0.05) is 0 Å². The number of urea groups is 1. The van der Waals surface area contributed by atoms with E-state index in [1.807, 2.05) is 29.2 Å². The van der Waals surface area contributed by atoms with Crippen LogP contribution in [0.3, 0.4) is 0 Å². The monoisotopic (exact) mass is 395 g/mol. The maximum absolute atomic E-state index is 12.1. The Bertz CT molecular complexity index is 413. The first-order valence-corrected chi connectivity index (χ1v) is 7.28. The van der Waals surface area contributed by atoms with Crippen molar-refractivity contribution in [3.63, 3.8) is 0 Å². The minimum Gasteiger partial charge on any atom is -0.330 e. The van der Waals surface area contributed by atoms with Crippen LogP contribution < -0.4 is 11.1 Å². The molecule has 0 unspecified atom stereocenters. The summed E-state index contributed by atoms with van der Waals surface area (Å²) in [6.07, 6.45) is 2.17. The molecule has 1 heterocycles. The van der Waals surface area contributed by atoms with Crippen molar-refractivity contribution >= 4 is 46.7 Å². The van der Waals surface area contributed by atoms with E-state index >= 15 is 0 Å². The van der Waals surface area contributed by atoms with Crippen molar-refractivity contribution in [2.45, 2.75) is 12.8 Å². The molecule has 106 valence electrons. The van der Waals surface area contributed by atoms with Crippen LogP contribution in [0.5, 0.6) is 0 Å². The maximum Gasteiger partial charge on any atom is 0.321 e. The Labute approximate surface area is 133 Å². The smallest absolute Gasteiger partial charge is 0.321 e. The van der Waals surface area contributed by atoms with Crippen LogP contribution >= 0.6 is 35.0 Å². The van der Waals surface area contributed by atoms with E-state index in [2.05, 4.69) is 27.9 Å². The van der Waals surface area contributed by atoms with E-state index in [1.54, 1.807) is 0 Å². The van der Waals surface area contributed by atoms with Crippen molar-refractivity contribution in [2.75, 3.05) is 25.0 Å². The van der Waals surface area contributed by atoms with Gasteiger partial charge in [-0.2, -0.15) is 0 Å². The SMILES string of the molecule is Cl.NC[C@H]1CCCN(C(=O)Nc2ccc(I)cc2)C1. The van der Waals surface area contributed by atoms with Crippen LogP contribution in [0.4, 0.5) is 10.5 Å². The molecule has 1 saturated heterocycles. The molecule has 1 atom stereocenters. The van der Waals surface area contributed by atoms with Gasteiger partial charge < -0.3 is 16.0 Å². The molecule has 0 saturated carbocycles.